The molecule has 2 heterocycles. The standard InChI is InChI=1S/C26H17F4N3O3/c27-17-8-9-21-19(11-17)24-20(12-31-13-22(33-24)25(34)35)23(32-21)15-6-4-14(5-7-15)16-2-1-3-18(10-16)36-26(28,29)30/h1-12,22,33H,13H2,(H,34,35). The van der Waals surface area contributed by atoms with E-state index in [9.17, 15) is 27.5 Å². The predicted octanol–water partition coefficient (Wildman–Crippen LogP) is 5.90. The van der Waals surface area contributed by atoms with E-state index >= 15 is 0 Å². The summed E-state index contributed by atoms with van der Waals surface area (Å²) in [5.41, 5.74) is 3.69. The van der Waals surface area contributed by atoms with Crippen molar-refractivity contribution in [3.05, 3.63) is 78.1 Å². The minimum Gasteiger partial charge on any atom is -0.480 e. The number of nitrogens with one attached hydrogen (secondary N) is 1. The fraction of sp³-hybridized carbons (Fsp3) is 0.115. The highest BCUT2D eigenvalue weighted by Gasteiger charge is 2.31. The van der Waals surface area contributed by atoms with Gasteiger partial charge in [-0.3, -0.25) is 4.99 Å². The number of carboxylic acids is 1. The van der Waals surface area contributed by atoms with Gasteiger partial charge in [-0.2, -0.15) is 0 Å². The summed E-state index contributed by atoms with van der Waals surface area (Å²) < 4.78 is 55.8. The number of carbonyl (C=O) groups is 1. The molecule has 0 bridgehead atoms. The van der Waals surface area contributed by atoms with Crippen molar-refractivity contribution < 1.29 is 32.2 Å². The van der Waals surface area contributed by atoms with Crippen LogP contribution in [-0.4, -0.2) is 41.2 Å². The predicted molar refractivity (Wildman–Crippen MR) is 127 cm³/mol. The number of anilines is 1. The molecule has 6 nitrogen and oxygen atoms in total. The lowest BCUT2D eigenvalue weighted by Gasteiger charge is -2.18. The van der Waals surface area contributed by atoms with Crippen molar-refractivity contribution in [2.45, 2.75) is 12.4 Å². The quantitative estimate of drug-likeness (QED) is 0.344. The zero-order valence-corrected chi connectivity index (χ0v) is 18.4. The third-order valence-electron chi connectivity index (χ3n) is 5.67. The Bertz CT molecular complexity index is 1500. The normalized spacial score (nSPS) is 15.2. The van der Waals surface area contributed by atoms with E-state index in [2.05, 4.69) is 20.0 Å². The first-order valence-electron chi connectivity index (χ1n) is 10.8. The molecule has 1 aromatic heterocycles. The molecule has 3 aromatic carbocycles. The molecular formula is C26H17F4N3O3. The van der Waals surface area contributed by atoms with Crippen LogP contribution < -0.4 is 10.1 Å². The first-order chi connectivity index (χ1) is 17.2. The molecule has 2 N–H and O–H groups in total. The zero-order chi connectivity index (χ0) is 25.4. The Hall–Kier alpha value is -4.47. The minimum atomic E-state index is -4.79. The average Bonchev–Trinajstić information content (AvgIpc) is 3.07. The van der Waals surface area contributed by atoms with Crippen molar-refractivity contribution >= 4 is 28.8 Å². The number of alkyl halides is 3. The maximum atomic E-state index is 14.0. The van der Waals surface area contributed by atoms with Crippen molar-refractivity contribution in [3.63, 3.8) is 0 Å². The van der Waals surface area contributed by atoms with Crippen LogP contribution in [0.5, 0.6) is 5.75 Å². The van der Waals surface area contributed by atoms with E-state index < -0.39 is 24.2 Å². The SMILES string of the molecule is O=C(O)C1CN=Cc2c(-c3ccc(-c4cccc(OC(F)(F)F)c4)cc3)nc3ccc(F)cc3c2N1. The van der Waals surface area contributed by atoms with E-state index in [0.717, 1.165) is 0 Å². The van der Waals surface area contributed by atoms with E-state index in [1.54, 1.807) is 30.3 Å². The molecule has 0 spiro atoms. The van der Waals surface area contributed by atoms with Gasteiger partial charge in [0.1, 0.15) is 17.6 Å². The van der Waals surface area contributed by atoms with Gasteiger partial charge in [0.25, 0.3) is 0 Å². The Morgan fingerprint density at radius 2 is 1.75 bits per heavy atom. The number of carboxylic acid groups (broad SMARTS) is 1. The monoisotopic (exact) mass is 495 g/mol. The molecule has 0 saturated heterocycles. The van der Waals surface area contributed by atoms with Crippen LogP contribution in [-0.2, 0) is 4.79 Å². The number of fused-ring (bicyclic) bond motifs is 3. The van der Waals surface area contributed by atoms with Gasteiger partial charge in [-0.1, -0.05) is 36.4 Å². The number of aliphatic imine (C=N–C) groups is 1. The number of aliphatic carboxylic acids is 1. The van der Waals surface area contributed by atoms with Gasteiger partial charge in [0, 0.05) is 22.7 Å². The number of aromatic nitrogens is 1. The van der Waals surface area contributed by atoms with Crippen LogP contribution in [0.2, 0.25) is 0 Å². The van der Waals surface area contributed by atoms with E-state index in [1.165, 1.54) is 42.6 Å². The molecule has 1 atom stereocenters. The summed E-state index contributed by atoms with van der Waals surface area (Å²) in [5, 5.41) is 12.9. The summed E-state index contributed by atoms with van der Waals surface area (Å²) >= 11 is 0. The summed E-state index contributed by atoms with van der Waals surface area (Å²) in [6.07, 6.45) is -3.27. The Labute approximate surface area is 201 Å². The number of rotatable bonds is 4. The first-order valence-corrected chi connectivity index (χ1v) is 10.8. The van der Waals surface area contributed by atoms with Crippen LogP contribution in [0.1, 0.15) is 5.56 Å². The highest BCUT2D eigenvalue weighted by molar-refractivity contribution is 6.07. The second-order valence-electron chi connectivity index (χ2n) is 8.09. The summed E-state index contributed by atoms with van der Waals surface area (Å²) in [4.78, 5) is 20.6. The van der Waals surface area contributed by atoms with Crippen molar-refractivity contribution in [2.75, 3.05) is 11.9 Å². The van der Waals surface area contributed by atoms with Crippen LogP contribution >= 0.6 is 0 Å². The van der Waals surface area contributed by atoms with Crippen molar-refractivity contribution in [1.29, 1.82) is 0 Å². The topological polar surface area (TPSA) is 83.8 Å². The lowest BCUT2D eigenvalue weighted by molar-refractivity contribution is -0.274. The molecular weight excluding hydrogens is 478 g/mol. The summed E-state index contributed by atoms with van der Waals surface area (Å²) in [6, 6.07) is 15.7. The molecule has 1 unspecified atom stereocenters. The lowest BCUT2D eigenvalue weighted by Crippen LogP contribution is -2.31. The maximum Gasteiger partial charge on any atom is 0.573 e. The minimum absolute atomic E-state index is 0.0183. The summed E-state index contributed by atoms with van der Waals surface area (Å²) in [5.74, 6) is -1.91. The molecule has 1 aliphatic heterocycles. The molecule has 0 aliphatic carbocycles. The number of hydrogen-bond acceptors (Lipinski definition) is 5. The Morgan fingerprint density at radius 3 is 2.47 bits per heavy atom. The number of halogens is 4. The summed E-state index contributed by atoms with van der Waals surface area (Å²) in [7, 11) is 0. The number of pyridine rings is 1. The van der Waals surface area contributed by atoms with Gasteiger partial charge < -0.3 is 15.2 Å². The Morgan fingerprint density at radius 1 is 1.00 bits per heavy atom. The zero-order valence-electron chi connectivity index (χ0n) is 18.4. The van der Waals surface area contributed by atoms with Crippen LogP contribution in [0, 0.1) is 5.82 Å². The number of hydrogen-bond donors (Lipinski definition) is 2. The van der Waals surface area contributed by atoms with Gasteiger partial charge in [-0.25, -0.2) is 14.2 Å². The molecule has 4 aromatic rings. The van der Waals surface area contributed by atoms with E-state index in [-0.39, 0.29) is 12.3 Å². The van der Waals surface area contributed by atoms with E-state index in [0.29, 0.717) is 44.5 Å². The Kier molecular flexibility index (Phi) is 5.79. The Balaban J connectivity index is 1.58. The largest absolute Gasteiger partial charge is 0.573 e. The van der Waals surface area contributed by atoms with Gasteiger partial charge >= 0.3 is 12.3 Å². The molecule has 182 valence electrons. The van der Waals surface area contributed by atoms with Gasteiger partial charge in [-0.05, 0) is 41.5 Å². The van der Waals surface area contributed by atoms with Crippen LogP contribution in [0.15, 0.2) is 71.7 Å². The number of benzene rings is 3. The van der Waals surface area contributed by atoms with Crippen LogP contribution in [0.4, 0.5) is 23.2 Å². The van der Waals surface area contributed by atoms with Crippen LogP contribution in [0.3, 0.4) is 0 Å². The van der Waals surface area contributed by atoms with Crippen molar-refractivity contribution in [3.8, 4) is 28.1 Å². The van der Waals surface area contributed by atoms with Crippen molar-refractivity contribution in [1.82, 2.24) is 4.98 Å². The van der Waals surface area contributed by atoms with Gasteiger partial charge in [0.2, 0.25) is 0 Å². The van der Waals surface area contributed by atoms with Gasteiger partial charge in [-0.15, -0.1) is 13.2 Å². The van der Waals surface area contributed by atoms with Gasteiger partial charge in [0.15, 0.2) is 0 Å². The average molecular weight is 495 g/mol. The van der Waals surface area contributed by atoms with E-state index in [1.807, 2.05) is 0 Å². The molecule has 0 amide bonds. The molecule has 10 heteroatoms. The fourth-order valence-corrected chi connectivity index (χ4v) is 4.05. The highest BCUT2D eigenvalue weighted by Crippen LogP contribution is 2.36. The number of ether oxygens (including phenoxy) is 1. The molecule has 1 aliphatic rings. The maximum absolute atomic E-state index is 14.0. The molecule has 0 radical (unpaired) electrons. The molecule has 0 saturated carbocycles. The summed E-state index contributed by atoms with van der Waals surface area (Å²) in [6.45, 7) is -0.0183. The fourth-order valence-electron chi connectivity index (χ4n) is 4.05. The lowest BCUT2D eigenvalue weighted by atomic mass is 9.98. The van der Waals surface area contributed by atoms with Crippen LogP contribution in [0.25, 0.3) is 33.3 Å². The molecule has 36 heavy (non-hydrogen) atoms. The van der Waals surface area contributed by atoms with Gasteiger partial charge in [0.05, 0.1) is 23.4 Å². The third kappa shape index (κ3) is 4.70. The number of nitrogens with zero attached hydrogens (tertiary/aromatic N) is 2. The highest BCUT2D eigenvalue weighted by atomic mass is 19.4. The third-order valence-corrected chi connectivity index (χ3v) is 5.67. The second-order valence-corrected chi connectivity index (χ2v) is 8.09. The molecule has 0 fully saturated rings. The van der Waals surface area contributed by atoms with Crippen molar-refractivity contribution in [2.24, 2.45) is 4.99 Å². The smallest absolute Gasteiger partial charge is 0.480 e. The molecule has 5 rings (SSSR count). The second kappa shape index (κ2) is 8.95. The van der Waals surface area contributed by atoms with E-state index in [4.69, 9.17) is 0 Å². The first kappa shape index (κ1) is 23.3.